The number of ether oxygens (including phenoxy) is 1. The average Bonchev–Trinajstić information content (AvgIpc) is 3.59. The van der Waals surface area contributed by atoms with Crippen molar-refractivity contribution < 1.29 is 13.9 Å². The van der Waals surface area contributed by atoms with E-state index >= 15 is 0 Å². The van der Waals surface area contributed by atoms with E-state index in [2.05, 4.69) is 21.3 Å². The zero-order chi connectivity index (χ0) is 22.1. The lowest BCUT2D eigenvalue weighted by atomic mass is 10.1. The first kappa shape index (κ1) is 20.9. The molecule has 168 valence electrons. The molecule has 2 aromatic heterocycles. The average molecular weight is 437 g/mol. The first-order valence-electron chi connectivity index (χ1n) is 11.5. The number of pyridine rings is 1. The van der Waals surface area contributed by atoms with Crippen LogP contribution in [0.2, 0.25) is 0 Å². The molecule has 1 aromatic carbocycles. The van der Waals surface area contributed by atoms with Crippen LogP contribution in [-0.4, -0.2) is 48.7 Å². The van der Waals surface area contributed by atoms with Crippen LogP contribution in [0.15, 0.2) is 30.5 Å². The Kier molecular flexibility index (Phi) is 5.83. The molecule has 6 nitrogen and oxygen atoms in total. The highest BCUT2D eigenvalue weighted by molar-refractivity contribution is 6.01. The molecule has 3 aromatic rings. The van der Waals surface area contributed by atoms with Crippen molar-refractivity contribution in [3.05, 3.63) is 58.8 Å². The Morgan fingerprint density at radius 1 is 1.31 bits per heavy atom. The summed E-state index contributed by atoms with van der Waals surface area (Å²) in [6.07, 6.45) is 5.69. The molecule has 0 atom stereocenters. The van der Waals surface area contributed by atoms with Gasteiger partial charge in [-0.3, -0.25) is 9.78 Å². The van der Waals surface area contributed by atoms with Crippen LogP contribution in [0.1, 0.15) is 53.0 Å². The van der Waals surface area contributed by atoms with Gasteiger partial charge in [0.15, 0.2) is 0 Å². The maximum atomic E-state index is 14.2. The minimum atomic E-state index is -0.338. The lowest BCUT2D eigenvalue weighted by Gasteiger charge is -2.29. The van der Waals surface area contributed by atoms with Gasteiger partial charge >= 0.3 is 0 Å². The number of nitrogens with zero attached hydrogens (tertiary/aromatic N) is 2. The van der Waals surface area contributed by atoms with Gasteiger partial charge in [0, 0.05) is 37.1 Å². The molecule has 2 fully saturated rings. The van der Waals surface area contributed by atoms with Crippen molar-refractivity contribution in [1.82, 2.24) is 15.3 Å². The minimum Gasteiger partial charge on any atom is -0.378 e. The molecule has 3 heterocycles. The number of nitrogens with one attached hydrogen (secondary N) is 2. The third-order valence-electron chi connectivity index (χ3n) is 6.50. The second-order valence-electron chi connectivity index (χ2n) is 8.60. The normalized spacial score (nSPS) is 16.5. The van der Waals surface area contributed by atoms with Gasteiger partial charge in [0.05, 0.1) is 30.6 Å². The van der Waals surface area contributed by atoms with Crippen LogP contribution in [0.3, 0.4) is 0 Å². The molecule has 1 amide bonds. The monoisotopic (exact) mass is 436 g/mol. The van der Waals surface area contributed by atoms with Crippen LogP contribution < -0.4 is 10.2 Å². The zero-order valence-corrected chi connectivity index (χ0v) is 18.4. The van der Waals surface area contributed by atoms with E-state index in [-0.39, 0.29) is 11.7 Å². The smallest absolute Gasteiger partial charge is 0.268 e. The lowest BCUT2D eigenvalue weighted by Crippen LogP contribution is -2.36. The topological polar surface area (TPSA) is 70.2 Å². The van der Waals surface area contributed by atoms with E-state index < -0.39 is 0 Å². The summed E-state index contributed by atoms with van der Waals surface area (Å²) >= 11 is 0. The number of hydrogen-bond acceptors (Lipinski definition) is 4. The molecule has 0 unspecified atom stereocenters. The van der Waals surface area contributed by atoms with Crippen LogP contribution in [0.25, 0.3) is 10.9 Å². The van der Waals surface area contributed by atoms with Gasteiger partial charge in [-0.1, -0.05) is 19.1 Å². The summed E-state index contributed by atoms with van der Waals surface area (Å²) in [6.45, 7) is 5.77. The first-order chi connectivity index (χ1) is 15.7. The van der Waals surface area contributed by atoms with E-state index in [0.717, 1.165) is 48.6 Å². The summed E-state index contributed by atoms with van der Waals surface area (Å²) in [5.41, 5.74) is 5.23. The summed E-state index contributed by atoms with van der Waals surface area (Å²) in [7, 11) is 0. The Balaban J connectivity index is 1.29. The summed E-state index contributed by atoms with van der Waals surface area (Å²) in [5.74, 6) is 0.0443. The largest absolute Gasteiger partial charge is 0.378 e. The van der Waals surface area contributed by atoms with Crippen LogP contribution in [0, 0.1) is 5.82 Å². The molecule has 7 heteroatoms. The van der Waals surface area contributed by atoms with Crippen molar-refractivity contribution in [2.24, 2.45) is 0 Å². The standard InChI is InChI=1S/C25H29FN4O2/c1-2-18-19-4-3-5-21(26)23(19)29-24(18)25(31)27-9-8-22-20(16-6-7-16)14-17(15-28-22)30-10-12-32-13-11-30/h3-5,14-16,29H,2,6-13H2,1H3,(H,27,31). The highest BCUT2D eigenvalue weighted by Gasteiger charge is 2.28. The number of H-pyrrole nitrogens is 1. The minimum absolute atomic E-state index is 0.199. The number of amides is 1. The van der Waals surface area contributed by atoms with Gasteiger partial charge < -0.3 is 19.9 Å². The van der Waals surface area contributed by atoms with E-state index in [1.807, 2.05) is 19.2 Å². The van der Waals surface area contributed by atoms with E-state index in [0.29, 0.717) is 36.5 Å². The highest BCUT2D eigenvalue weighted by Crippen LogP contribution is 2.42. The molecule has 0 spiro atoms. The molecule has 1 saturated heterocycles. The Bertz CT molecular complexity index is 1130. The summed E-state index contributed by atoms with van der Waals surface area (Å²) in [6, 6.07) is 7.22. The second-order valence-corrected chi connectivity index (χ2v) is 8.60. The summed E-state index contributed by atoms with van der Waals surface area (Å²) in [4.78, 5) is 23.0. The van der Waals surface area contributed by atoms with Crippen molar-refractivity contribution in [2.75, 3.05) is 37.7 Å². The second kappa shape index (κ2) is 8.90. The number of para-hydroxylation sites is 1. The van der Waals surface area contributed by atoms with Gasteiger partial charge in [0.1, 0.15) is 11.5 Å². The maximum absolute atomic E-state index is 14.2. The number of benzene rings is 1. The Hall–Kier alpha value is -2.93. The fourth-order valence-corrected chi connectivity index (χ4v) is 4.63. The number of fused-ring (bicyclic) bond motifs is 1. The Morgan fingerprint density at radius 3 is 2.88 bits per heavy atom. The van der Waals surface area contributed by atoms with Gasteiger partial charge in [-0.25, -0.2) is 4.39 Å². The number of aryl methyl sites for hydroxylation is 1. The van der Waals surface area contributed by atoms with Gasteiger partial charge in [-0.05, 0) is 48.4 Å². The van der Waals surface area contributed by atoms with Gasteiger partial charge in [-0.15, -0.1) is 0 Å². The van der Waals surface area contributed by atoms with Crippen LogP contribution in [0.4, 0.5) is 10.1 Å². The number of aromatic amines is 1. The van der Waals surface area contributed by atoms with Crippen molar-refractivity contribution >= 4 is 22.5 Å². The molecule has 5 rings (SSSR count). The van der Waals surface area contributed by atoms with Crippen LogP contribution in [-0.2, 0) is 17.6 Å². The summed E-state index contributed by atoms with van der Waals surface area (Å²) < 4.78 is 19.6. The molecule has 1 aliphatic heterocycles. The number of morpholine rings is 1. The molecule has 1 saturated carbocycles. The van der Waals surface area contributed by atoms with Gasteiger partial charge in [0.2, 0.25) is 0 Å². The molecule has 2 N–H and O–H groups in total. The maximum Gasteiger partial charge on any atom is 0.268 e. The first-order valence-corrected chi connectivity index (χ1v) is 11.5. The molecular weight excluding hydrogens is 407 g/mol. The molecular formula is C25H29FN4O2. The number of anilines is 1. The van der Waals surface area contributed by atoms with Crippen molar-refractivity contribution in [3.8, 4) is 0 Å². The number of carbonyl (C=O) groups is 1. The molecule has 32 heavy (non-hydrogen) atoms. The fraction of sp³-hybridized carbons (Fsp3) is 0.440. The molecule has 0 radical (unpaired) electrons. The molecule has 1 aliphatic carbocycles. The van der Waals surface area contributed by atoms with Crippen molar-refractivity contribution in [1.29, 1.82) is 0 Å². The van der Waals surface area contributed by atoms with Crippen LogP contribution in [0.5, 0.6) is 0 Å². The van der Waals surface area contributed by atoms with Gasteiger partial charge in [0.25, 0.3) is 5.91 Å². The third kappa shape index (κ3) is 4.09. The number of hydrogen-bond donors (Lipinski definition) is 2. The van der Waals surface area contributed by atoms with Crippen LogP contribution >= 0.6 is 0 Å². The molecule has 2 aliphatic rings. The van der Waals surface area contributed by atoms with E-state index in [1.165, 1.54) is 24.5 Å². The third-order valence-corrected chi connectivity index (χ3v) is 6.50. The number of aromatic nitrogens is 2. The van der Waals surface area contributed by atoms with E-state index in [4.69, 9.17) is 9.72 Å². The highest BCUT2D eigenvalue weighted by atomic mass is 19.1. The number of halogens is 1. The quantitative estimate of drug-likeness (QED) is 0.588. The number of rotatable bonds is 7. The number of carbonyl (C=O) groups excluding carboxylic acids is 1. The predicted molar refractivity (Wildman–Crippen MR) is 123 cm³/mol. The van der Waals surface area contributed by atoms with Gasteiger partial charge in [-0.2, -0.15) is 0 Å². The SMILES string of the molecule is CCc1c(C(=O)NCCc2ncc(N3CCOCC3)cc2C2CC2)[nH]c2c(F)cccc12. The fourth-order valence-electron chi connectivity index (χ4n) is 4.63. The van der Waals surface area contributed by atoms with Crippen molar-refractivity contribution in [3.63, 3.8) is 0 Å². The van der Waals surface area contributed by atoms with Crippen molar-refractivity contribution in [2.45, 2.75) is 38.5 Å². The predicted octanol–water partition coefficient (Wildman–Crippen LogP) is 3.95. The Morgan fingerprint density at radius 2 is 2.12 bits per heavy atom. The van der Waals surface area contributed by atoms with E-state index in [9.17, 15) is 9.18 Å². The zero-order valence-electron chi connectivity index (χ0n) is 18.4. The summed E-state index contributed by atoms with van der Waals surface area (Å²) in [5, 5.41) is 3.78. The molecule has 0 bridgehead atoms. The Labute approximate surface area is 187 Å². The van der Waals surface area contributed by atoms with E-state index in [1.54, 1.807) is 6.07 Å². The lowest BCUT2D eigenvalue weighted by molar-refractivity contribution is 0.0949.